The summed E-state index contributed by atoms with van der Waals surface area (Å²) in [6.07, 6.45) is -3.72. The zero-order valence-corrected chi connectivity index (χ0v) is 22.5. The van der Waals surface area contributed by atoms with Crippen LogP contribution in [0.3, 0.4) is 0 Å². The summed E-state index contributed by atoms with van der Waals surface area (Å²) in [4.78, 5) is 6.50. The SMILES string of the molecule is COc1cc2c(Nc3ccc(Br)cc3F)ncnc2cc1OCC1(O)C(O)(O)C(O)(O)N(C(O)(O)O)C(O)(O)C1(O)O. The van der Waals surface area contributed by atoms with Crippen LogP contribution in [-0.2, 0) is 0 Å². The molecule has 0 bridgehead atoms. The molecule has 0 saturated carbocycles. The minimum atomic E-state index is -4.86. The van der Waals surface area contributed by atoms with Crippen LogP contribution in [0.25, 0.3) is 10.9 Å². The highest BCUT2D eigenvalue weighted by Crippen LogP contribution is 2.52. The lowest BCUT2D eigenvalue weighted by Crippen LogP contribution is -2.96. The van der Waals surface area contributed by atoms with Gasteiger partial charge < -0.3 is 76.1 Å². The third-order valence-electron chi connectivity index (χ3n) is 6.55. The number of nitrogens with zero attached hydrogens (tertiary/aromatic N) is 3. The lowest BCUT2D eigenvalue weighted by atomic mass is 9.75. The number of ether oxygens (including phenoxy) is 2. The Morgan fingerprint density at radius 3 is 2.02 bits per heavy atom. The zero-order chi connectivity index (χ0) is 31.7. The molecule has 3 aromatic rings. The summed E-state index contributed by atoms with van der Waals surface area (Å²) in [7, 11) is 1.12. The normalized spacial score (nSPS) is 20.7. The van der Waals surface area contributed by atoms with Crippen molar-refractivity contribution in [3.8, 4) is 11.5 Å². The van der Waals surface area contributed by atoms with Gasteiger partial charge in [0.1, 0.15) is 24.6 Å². The third-order valence-corrected chi connectivity index (χ3v) is 7.05. The maximum atomic E-state index is 14.4. The first-order valence-electron chi connectivity index (χ1n) is 11.3. The third kappa shape index (κ3) is 4.63. The fourth-order valence-electron chi connectivity index (χ4n) is 4.28. The second kappa shape index (κ2) is 10.1. The number of rotatable bonds is 7. The van der Waals surface area contributed by atoms with E-state index in [1.807, 2.05) is 0 Å². The Hall–Kier alpha value is -2.93. The molecule has 2 heterocycles. The molecule has 0 amide bonds. The molecule has 1 aromatic heterocycles. The van der Waals surface area contributed by atoms with Crippen LogP contribution in [0.15, 0.2) is 41.1 Å². The number of anilines is 2. The van der Waals surface area contributed by atoms with Gasteiger partial charge in [0.15, 0.2) is 11.5 Å². The van der Waals surface area contributed by atoms with Gasteiger partial charge in [-0.1, -0.05) is 15.9 Å². The number of halogens is 2. The van der Waals surface area contributed by atoms with Crippen LogP contribution >= 0.6 is 15.9 Å². The fraction of sp³-hybridized carbons (Fsp3) is 0.364. The van der Waals surface area contributed by atoms with Crippen LogP contribution in [0.4, 0.5) is 15.9 Å². The summed E-state index contributed by atoms with van der Waals surface area (Å²) in [5.41, 5.74) is -4.28. The second-order valence-corrected chi connectivity index (χ2v) is 10.1. The quantitative estimate of drug-likeness (QED) is 0.107. The van der Waals surface area contributed by atoms with Gasteiger partial charge in [0, 0.05) is 15.9 Å². The Morgan fingerprint density at radius 2 is 1.50 bits per heavy atom. The predicted octanol–water partition coefficient (Wildman–Crippen LogP) is -4.06. The van der Waals surface area contributed by atoms with Crippen molar-refractivity contribution in [2.45, 2.75) is 35.1 Å². The van der Waals surface area contributed by atoms with Gasteiger partial charge in [-0.15, -0.1) is 4.90 Å². The largest absolute Gasteiger partial charge is 0.493 e. The molecule has 0 aliphatic carbocycles. The number of methoxy groups -OCH3 is 1. The molecule has 1 fully saturated rings. The summed E-state index contributed by atoms with van der Waals surface area (Å²) in [6.45, 7) is -1.84. The number of fused-ring (bicyclic) bond motifs is 1. The number of hydrogen-bond acceptors (Lipinski definition) is 18. The van der Waals surface area contributed by atoms with E-state index in [2.05, 4.69) is 31.2 Å². The molecule has 42 heavy (non-hydrogen) atoms. The molecule has 13 N–H and O–H groups in total. The van der Waals surface area contributed by atoms with Crippen molar-refractivity contribution in [3.05, 3.63) is 46.9 Å². The molecule has 1 saturated heterocycles. The first kappa shape index (κ1) is 32.0. The molecule has 2 aromatic carbocycles. The van der Waals surface area contributed by atoms with Gasteiger partial charge in [0.25, 0.3) is 23.4 Å². The standard InChI is InChI=1S/C22H24BrFN4O14/c1-41-14-5-10-13(25-8-26-16(10)27-12-3-2-9(23)4-11(12)24)6-15(14)42-7-17(29)18(30,31)20(34,35)28(22(38,39)40)21(36,37)19(17,32)33/h2-6,8,29-40H,7H2,1H3,(H,25,26,27). The van der Waals surface area contributed by atoms with E-state index in [1.54, 1.807) is 6.07 Å². The highest BCUT2D eigenvalue weighted by atomic mass is 79.9. The van der Waals surface area contributed by atoms with E-state index in [4.69, 9.17) is 9.47 Å². The van der Waals surface area contributed by atoms with E-state index in [-0.39, 0.29) is 28.2 Å². The van der Waals surface area contributed by atoms with Gasteiger partial charge in [0.2, 0.25) is 5.60 Å². The molecule has 0 atom stereocenters. The van der Waals surface area contributed by atoms with Gasteiger partial charge in [-0.2, -0.15) is 0 Å². The number of aromatic nitrogens is 2. The molecule has 230 valence electrons. The van der Waals surface area contributed by atoms with Crippen molar-refractivity contribution in [1.29, 1.82) is 0 Å². The van der Waals surface area contributed by atoms with Gasteiger partial charge >= 0.3 is 6.10 Å². The number of aliphatic hydroxyl groups is 12. The van der Waals surface area contributed by atoms with Crippen LogP contribution in [0.5, 0.6) is 11.5 Å². The topological polar surface area (TPSA) is 302 Å². The van der Waals surface area contributed by atoms with Crippen LogP contribution in [0.2, 0.25) is 0 Å². The lowest BCUT2D eigenvalue weighted by Gasteiger charge is -2.63. The Bertz CT molecular complexity index is 1490. The van der Waals surface area contributed by atoms with Crippen LogP contribution in [0.1, 0.15) is 0 Å². The average molecular weight is 667 g/mol. The Morgan fingerprint density at radius 1 is 0.905 bits per heavy atom. The van der Waals surface area contributed by atoms with Crippen molar-refractivity contribution in [2.24, 2.45) is 0 Å². The minimum absolute atomic E-state index is 0.0289. The van der Waals surface area contributed by atoms with E-state index >= 15 is 0 Å². The van der Waals surface area contributed by atoms with Crippen LogP contribution in [0, 0.1) is 5.82 Å². The molecular weight excluding hydrogens is 643 g/mol. The Balaban J connectivity index is 1.75. The molecule has 0 spiro atoms. The van der Waals surface area contributed by atoms with Crippen molar-refractivity contribution in [3.63, 3.8) is 0 Å². The maximum Gasteiger partial charge on any atom is 0.354 e. The first-order valence-corrected chi connectivity index (χ1v) is 12.1. The molecule has 1 aliphatic heterocycles. The van der Waals surface area contributed by atoms with Crippen LogP contribution < -0.4 is 14.8 Å². The van der Waals surface area contributed by atoms with E-state index < -0.39 is 58.2 Å². The van der Waals surface area contributed by atoms with Gasteiger partial charge in [-0.25, -0.2) is 14.4 Å². The predicted molar refractivity (Wildman–Crippen MR) is 134 cm³/mol. The molecule has 0 unspecified atom stereocenters. The fourth-order valence-corrected chi connectivity index (χ4v) is 4.62. The van der Waals surface area contributed by atoms with E-state index in [0.29, 0.717) is 4.47 Å². The molecule has 20 heteroatoms. The second-order valence-electron chi connectivity index (χ2n) is 9.19. The van der Waals surface area contributed by atoms with Crippen molar-refractivity contribution >= 4 is 38.3 Å². The van der Waals surface area contributed by atoms with Crippen LogP contribution in [-0.4, -0.2) is 125 Å². The average Bonchev–Trinajstić information content (AvgIpc) is 2.86. The molecular formula is C22H24BrFN4O14. The van der Waals surface area contributed by atoms with Gasteiger partial charge in [0.05, 0.1) is 18.3 Å². The zero-order valence-electron chi connectivity index (χ0n) is 21.0. The van der Waals surface area contributed by atoms with E-state index in [9.17, 15) is 65.7 Å². The number of hydrogen-bond donors (Lipinski definition) is 13. The lowest BCUT2D eigenvalue weighted by molar-refractivity contribution is -0.644. The molecule has 0 radical (unpaired) electrons. The van der Waals surface area contributed by atoms with Gasteiger partial charge in [-0.3, -0.25) is 0 Å². The van der Waals surface area contributed by atoms with Gasteiger partial charge in [-0.05, 0) is 24.3 Å². The van der Waals surface area contributed by atoms with Crippen molar-refractivity contribution in [1.82, 2.24) is 14.9 Å². The molecule has 4 rings (SSSR count). The summed E-state index contributed by atoms with van der Waals surface area (Å²) < 4.78 is 25.3. The van der Waals surface area contributed by atoms with Crippen molar-refractivity contribution in [2.75, 3.05) is 19.0 Å². The molecule has 1 aliphatic rings. The minimum Gasteiger partial charge on any atom is -0.493 e. The maximum absolute atomic E-state index is 14.4. The smallest absolute Gasteiger partial charge is 0.354 e. The Kier molecular flexibility index (Phi) is 7.67. The Labute approximate surface area is 241 Å². The number of piperidine rings is 1. The monoisotopic (exact) mass is 666 g/mol. The van der Waals surface area contributed by atoms with E-state index in [0.717, 1.165) is 19.5 Å². The number of nitrogens with one attached hydrogen (secondary N) is 1. The summed E-state index contributed by atoms with van der Waals surface area (Å²) >= 11 is 3.14. The van der Waals surface area contributed by atoms with Crippen molar-refractivity contribution < 1.29 is 75.1 Å². The summed E-state index contributed by atoms with van der Waals surface area (Å²) in [6, 6.07) is 6.49. The summed E-state index contributed by atoms with van der Waals surface area (Å²) in [5, 5.41) is 124. The summed E-state index contributed by atoms with van der Waals surface area (Å²) in [5.74, 6) is -20.5. The highest BCUT2D eigenvalue weighted by molar-refractivity contribution is 9.10. The van der Waals surface area contributed by atoms with E-state index in [1.165, 1.54) is 18.2 Å². The highest BCUT2D eigenvalue weighted by Gasteiger charge is 2.87. The number of benzene rings is 2. The molecule has 18 nitrogen and oxygen atoms in total. The first-order chi connectivity index (χ1) is 19.1. The number of likely N-dealkylation sites (tertiary alicyclic amines) is 1.